The van der Waals surface area contributed by atoms with E-state index >= 15 is 0 Å². The Kier molecular flexibility index (Phi) is 3.78. The van der Waals surface area contributed by atoms with Crippen molar-refractivity contribution >= 4 is 23.3 Å². The number of rotatable bonds is 1. The smallest absolute Gasteiger partial charge is 0.329 e. The van der Waals surface area contributed by atoms with Crippen molar-refractivity contribution in [1.29, 1.82) is 0 Å². The zero-order valence-electron chi connectivity index (χ0n) is 18.6. The monoisotopic (exact) mass is 428 g/mol. The van der Waals surface area contributed by atoms with Crippen molar-refractivity contribution in [3.63, 3.8) is 0 Å². The number of non-ortho nitro benzene ring substituents is 1. The van der Waals surface area contributed by atoms with Gasteiger partial charge in [-0.25, -0.2) is 0 Å². The molecule has 0 aromatic heterocycles. The summed E-state index contributed by atoms with van der Waals surface area (Å²) in [5.41, 5.74) is -0.364. The van der Waals surface area contributed by atoms with E-state index in [-0.39, 0.29) is 29.0 Å². The van der Waals surface area contributed by atoms with Crippen LogP contribution in [0.1, 0.15) is 59.4 Å². The topological polar surface area (TPSA) is 99.0 Å². The molecule has 0 N–H and O–H groups in total. The number of anilines is 1. The van der Waals surface area contributed by atoms with Crippen molar-refractivity contribution in [2.45, 2.75) is 78.2 Å². The van der Waals surface area contributed by atoms with Crippen LogP contribution in [0.4, 0.5) is 11.4 Å². The molecule has 1 spiro atoms. The van der Waals surface area contributed by atoms with Gasteiger partial charge in [0, 0.05) is 44.1 Å². The number of fused-ring (bicyclic) bond motifs is 8. The number of carbonyl (C=O) groups excluding carboxylic acids is 2. The van der Waals surface area contributed by atoms with Crippen LogP contribution in [0.5, 0.6) is 0 Å². The summed E-state index contributed by atoms with van der Waals surface area (Å²) in [6.07, 6.45) is 2.68. The highest BCUT2D eigenvalue weighted by molar-refractivity contribution is 6.04. The van der Waals surface area contributed by atoms with Gasteiger partial charge in [0.15, 0.2) is 5.41 Å². The molecule has 2 saturated heterocycles. The number of hydrogen-bond donors (Lipinski definition) is 0. The van der Waals surface area contributed by atoms with E-state index in [0.717, 1.165) is 24.9 Å². The minimum Gasteiger partial charge on any atom is -0.422 e. The van der Waals surface area contributed by atoms with E-state index in [2.05, 4.69) is 25.7 Å². The van der Waals surface area contributed by atoms with E-state index in [4.69, 9.17) is 9.47 Å². The third-order valence-corrected chi connectivity index (χ3v) is 7.60. The third kappa shape index (κ3) is 2.66. The molecule has 3 atom stereocenters. The third-order valence-electron chi connectivity index (χ3n) is 7.60. The van der Waals surface area contributed by atoms with Crippen molar-refractivity contribution < 1.29 is 24.0 Å². The molecule has 8 heteroatoms. The quantitative estimate of drug-likeness (QED) is 0.291. The number of cyclic esters (lactones) is 2. The molecule has 4 aliphatic rings. The van der Waals surface area contributed by atoms with Crippen LogP contribution in [-0.2, 0) is 25.5 Å². The predicted molar refractivity (Wildman–Crippen MR) is 111 cm³/mol. The fraction of sp³-hybridized carbons (Fsp3) is 0.652. The average Bonchev–Trinajstić information content (AvgIpc) is 2.84. The van der Waals surface area contributed by atoms with Gasteiger partial charge >= 0.3 is 11.9 Å². The average molecular weight is 428 g/mol. The number of nitrogens with zero attached hydrogens (tertiary/aromatic N) is 2. The number of esters is 2. The molecular weight excluding hydrogens is 400 g/mol. The van der Waals surface area contributed by atoms with E-state index in [1.54, 1.807) is 19.9 Å². The molecule has 5 rings (SSSR count). The van der Waals surface area contributed by atoms with Gasteiger partial charge in [0.05, 0.1) is 11.0 Å². The van der Waals surface area contributed by atoms with Gasteiger partial charge in [0.25, 0.3) is 11.5 Å². The number of hydrogen-bond acceptors (Lipinski definition) is 7. The van der Waals surface area contributed by atoms with Gasteiger partial charge in [-0.3, -0.25) is 19.7 Å². The zero-order chi connectivity index (χ0) is 22.6. The molecule has 166 valence electrons. The van der Waals surface area contributed by atoms with Crippen LogP contribution >= 0.6 is 0 Å². The molecule has 0 radical (unpaired) electrons. The standard InChI is InChI=1S/C23H28N2O6/c1-20(2)10-15-11-22(5,12-20)17-23(18(26)30-21(3,4)31-19(23)27)9-13-8-14(25(28)29)6-7-16(13)24(15)17/h6-8,15,17H,9-12H2,1-5H3/t15-,17-,22+/m0/s1. The maximum atomic E-state index is 13.6. The molecule has 8 nitrogen and oxygen atoms in total. The van der Waals surface area contributed by atoms with Gasteiger partial charge in [-0.2, -0.15) is 0 Å². The Balaban J connectivity index is 1.75. The number of nitro groups is 1. The van der Waals surface area contributed by atoms with Crippen LogP contribution in [0.15, 0.2) is 18.2 Å². The molecule has 3 heterocycles. The molecule has 1 aromatic carbocycles. The largest absolute Gasteiger partial charge is 0.422 e. The van der Waals surface area contributed by atoms with Gasteiger partial charge in [-0.05, 0) is 41.7 Å². The van der Waals surface area contributed by atoms with E-state index in [0.29, 0.717) is 5.56 Å². The van der Waals surface area contributed by atoms with Crippen LogP contribution in [0.3, 0.4) is 0 Å². The van der Waals surface area contributed by atoms with Gasteiger partial charge in [-0.1, -0.05) is 20.8 Å². The highest BCUT2D eigenvalue weighted by Gasteiger charge is 2.72. The van der Waals surface area contributed by atoms with E-state index in [9.17, 15) is 19.7 Å². The Labute approximate surface area is 181 Å². The zero-order valence-corrected chi connectivity index (χ0v) is 18.6. The molecule has 0 unspecified atom stereocenters. The maximum Gasteiger partial charge on any atom is 0.329 e. The second kappa shape index (κ2) is 5.78. The van der Waals surface area contributed by atoms with Crippen LogP contribution in [0.25, 0.3) is 0 Å². The Morgan fingerprint density at radius 3 is 2.32 bits per heavy atom. The molecule has 3 aliphatic heterocycles. The fourth-order valence-electron chi connectivity index (χ4n) is 7.18. The van der Waals surface area contributed by atoms with Crippen LogP contribution < -0.4 is 4.90 Å². The Hall–Kier alpha value is -2.64. The molecule has 1 aromatic rings. The molecule has 0 amide bonds. The highest BCUT2D eigenvalue weighted by Crippen LogP contribution is 2.64. The lowest BCUT2D eigenvalue weighted by Gasteiger charge is -2.53. The van der Waals surface area contributed by atoms with Gasteiger partial charge in [0.1, 0.15) is 0 Å². The lowest BCUT2D eigenvalue weighted by atomic mass is 9.57. The molecule has 3 fully saturated rings. The summed E-state index contributed by atoms with van der Waals surface area (Å²) in [5.74, 6) is -2.51. The lowest BCUT2D eigenvalue weighted by molar-refractivity contribution is -0.384. The van der Waals surface area contributed by atoms with Crippen molar-refractivity contribution in [3.8, 4) is 0 Å². The van der Waals surface area contributed by atoms with Gasteiger partial charge < -0.3 is 14.4 Å². The van der Waals surface area contributed by atoms with E-state index in [1.807, 2.05) is 0 Å². The Bertz CT molecular complexity index is 1010. The summed E-state index contributed by atoms with van der Waals surface area (Å²) < 4.78 is 11.3. The Morgan fingerprint density at radius 2 is 1.71 bits per heavy atom. The second-order valence-electron chi connectivity index (χ2n) is 11.3. The maximum absolute atomic E-state index is 13.6. The van der Waals surface area contributed by atoms with Gasteiger partial charge in [0.2, 0.25) is 0 Å². The second-order valence-corrected chi connectivity index (χ2v) is 11.3. The van der Waals surface area contributed by atoms with Crippen molar-refractivity contribution in [2.24, 2.45) is 16.2 Å². The van der Waals surface area contributed by atoms with Crippen LogP contribution in [0, 0.1) is 26.4 Å². The van der Waals surface area contributed by atoms with Crippen LogP contribution in [0.2, 0.25) is 0 Å². The van der Waals surface area contributed by atoms with Crippen LogP contribution in [-0.4, -0.2) is 34.7 Å². The van der Waals surface area contributed by atoms with E-state index in [1.165, 1.54) is 12.1 Å². The first kappa shape index (κ1) is 20.3. The molecule has 31 heavy (non-hydrogen) atoms. The first-order chi connectivity index (χ1) is 14.3. The minimum absolute atomic E-state index is 0.0406. The van der Waals surface area contributed by atoms with Crippen molar-refractivity contribution in [3.05, 3.63) is 33.9 Å². The summed E-state index contributed by atoms with van der Waals surface area (Å²) in [4.78, 5) is 40.3. The summed E-state index contributed by atoms with van der Waals surface area (Å²) in [7, 11) is 0. The highest BCUT2D eigenvalue weighted by atomic mass is 16.7. The number of ether oxygens (including phenoxy) is 2. The lowest BCUT2D eigenvalue weighted by Crippen LogP contribution is -2.67. The normalized spacial score (nSPS) is 33.9. The Morgan fingerprint density at radius 1 is 1.06 bits per heavy atom. The first-order valence-electron chi connectivity index (χ1n) is 10.8. The SMILES string of the molecule is CC1(C)C[C@H]2C[C@](C)(C1)[C@@H]1N2c2ccc([N+](=O)[O-])cc2CC12C(=O)OC(C)(C)OC2=O. The molecule has 1 aliphatic carbocycles. The number of carbonyl (C=O) groups is 2. The number of benzene rings is 1. The van der Waals surface area contributed by atoms with Crippen molar-refractivity contribution in [1.82, 2.24) is 0 Å². The molecule has 1 saturated carbocycles. The molecular formula is C23H28N2O6. The first-order valence-corrected chi connectivity index (χ1v) is 10.8. The summed E-state index contributed by atoms with van der Waals surface area (Å²) >= 11 is 0. The molecule has 2 bridgehead atoms. The summed E-state index contributed by atoms with van der Waals surface area (Å²) in [6.45, 7) is 9.70. The number of nitro benzene ring substituents is 1. The van der Waals surface area contributed by atoms with E-state index < -0.39 is 34.1 Å². The van der Waals surface area contributed by atoms with Gasteiger partial charge in [-0.15, -0.1) is 0 Å². The fourth-order valence-corrected chi connectivity index (χ4v) is 7.18. The predicted octanol–water partition coefficient (Wildman–Crippen LogP) is 3.75. The summed E-state index contributed by atoms with van der Waals surface area (Å²) in [6, 6.07) is 4.48. The summed E-state index contributed by atoms with van der Waals surface area (Å²) in [5, 5.41) is 11.4. The minimum atomic E-state index is -1.54. The van der Waals surface area contributed by atoms with Crippen molar-refractivity contribution in [2.75, 3.05) is 4.90 Å².